The van der Waals surface area contributed by atoms with Crippen LogP contribution in [-0.4, -0.2) is 9.13 Å². The van der Waals surface area contributed by atoms with Gasteiger partial charge in [-0.3, -0.25) is 0 Å². The molecule has 0 spiro atoms. The van der Waals surface area contributed by atoms with Crippen molar-refractivity contribution in [1.82, 2.24) is 9.13 Å². The molecule has 0 radical (unpaired) electrons. The molecule has 0 saturated heterocycles. The van der Waals surface area contributed by atoms with E-state index in [0.29, 0.717) is 16.8 Å². The van der Waals surface area contributed by atoms with Crippen LogP contribution in [0.3, 0.4) is 0 Å². The number of benzene rings is 7. The molecule has 5 nitrogen and oxygen atoms in total. The van der Waals surface area contributed by atoms with Crippen molar-refractivity contribution >= 4 is 49.3 Å². The molecule has 0 aliphatic heterocycles. The van der Waals surface area contributed by atoms with Gasteiger partial charge < -0.3 is 9.13 Å². The van der Waals surface area contributed by atoms with E-state index in [0.717, 1.165) is 77.2 Å². The molecule has 2 heterocycles. The van der Waals surface area contributed by atoms with Gasteiger partial charge in [-0.15, -0.1) is 0 Å². The number of hydrogen-bond donors (Lipinski definition) is 0. The molecular weight excluding hydrogens is 611 g/mol. The van der Waals surface area contributed by atoms with Crippen molar-refractivity contribution in [3.63, 3.8) is 0 Å². The lowest BCUT2D eigenvalue weighted by Crippen LogP contribution is -1.97. The summed E-state index contributed by atoms with van der Waals surface area (Å²) in [6.45, 7) is 7.77. The minimum absolute atomic E-state index is 0.552. The van der Waals surface area contributed by atoms with Gasteiger partial charge in [-0.2, -0.15) is 10.5 Å². The lowest BCUT2D eigenvalue weighted by molar-refractivity contribution is 1.18. The summed E-state index contributed by atoms with van der Waals surface area (Å²) in [4.78, 5) is 3.76. The quantitative estimate of drug-likeness (QED) is 0.181. The Hall–Kier alpha value is -7.39. The highest BCUT2D eigenvalue weighted by atomic mass is 15.0. The van der Waals surface area contributed by atoms with Crippen molar-refractivity contribution in [2.75, 3.05) is 0 Å². The first kappa shape index (κ1) is 28.8. The first-order valence-corrected chi connectivity index (χ1v) is 16.3. The highest BCUT2D eigenvalue weighted by Crippen LogP contribution is 2.40. The summed E-state index contributed by atoms with van der Waals surface area (Å²) >= 11 is 0. The van der Waals surface area contributed by atoms with Gasteiger partial charge in [0.15, 0.2) is 5.69 Å². The van der Waals surface area contributed by atoms with Crippen molar-refractivity contribution in [3.05, 3.63) is 174 Å². The molecule has 50 heavy (non-hydrogen) atoms. The third kappa shape index (κ3) is 4.38. The number of nitriles is 2. The molecule has 0 fully saturated rings. The minimum Gasteiger partial charge on any atom is -0.310 e. The summed E-state index contributed by atoms with van der Waals surface area (Å²) in [6, 6.07) is 55.7. The van der Waals surface area contributed by atoms with Crippen LogP contribution in [0.15, 0.2) is 152 Å². The molecule has 7 aromatic carbocycles. The normalized spacial score (nSPS) is 11.1. The van der Waals surface area contributed by atoms with Gasteiger partial charge in [0.2, 0.25) is 0 Å². The highest BCUT2D eigenvalue weighted by molar-refractivity contribution is 6.12. The van der Waals surface area contributed by atoms with Gasteiger partial charge in [-0.1, -0.05) is 91.0 Å². The van der Waals surface area contributed by atoms with E-state index in [2.05, 4.69) is 98.9 Å². The molecule has 5 heteroatoms. The molecule has 0 saturated carbocycles. The Morgan fingerprint density at radius 1 is 0.500 bits per heavy atom. The second-order valence-corrected chi connectivity index (χ2v) is 12.3. The molecule has 0 bridgehead atoms. The van der Waals surface area contributed by atoms with Crippen LogP contribution < -0.4 is 0 Å². The van der Waals surface area contributed by atoms with Crippen LogP contribution in [0.5, 0.6) is 0 Å². The zero-order chi connectivity index (χ0) is 33.8. The molecular formula is C45H25N5. The number of hydrogen-bond acceptors (Lipinski definition) is 2. The van der Waals surface area contributed by atoms with Crippen molar-refractivity contribution < 1.29 is 0 Å². The van der Waals surface area contributed by atoms with E-state index in [9.17, 15) is 10.5 Å². The topological polar surface area (TPSA) is 61.8 Å². The maximum Gasteiger partial charge on any atom is 0.189 e. The largest absolute Gasteiger partial charge is 0.310 e. The van der Waals surface area contributed by atoms with Gasteiger partial charge in [0.05, 0.1) is 51.9 Å². The van der Waals surface area contributed by atoms with Crippen molar-refractivity contribution in [2.24, 2.45) is 0 Å². The number of nitrogens with zero attached hydrogens (tertiary/aromatic N) is 5. The maximum atomic E-state index is 9.96. The SMILES string of the molecule is [C-]#[N+]c1ccc(-c2ccc(-c3ccc(-n4c5ccccc5c5cc(C#N)ccc54)cc3)cc2)c(-n2c3ccccc3c3c(C#N)cccc32)c1. The summed E-state index contributed by atoms with van der Waals surface area (Å²) in [6.07, 6.45) is 0. The fourth-order valence-corrected chi connectivity index (χ4v) is 7.36. The van der Waals surface area contributed by atoms with Gasteiger partial charge in [0.1, 0.15) is 0 Å². The predicted octanol–water partition coefficient (Wildman–Crippen LogP) is 11.5. The van der Waals surface area contributed by atoms with E-state index in [-0.39, 0.29) is 0 Å². The Kier molecular flexibility index (Phi) is 6.56. The molecule has 0 N–H and O–H groups in total. The summed E-state index contributed by atoms with van der Waals surface area (Å²) in [5.74, 6) is 0. The molecule has 9 aromatic rings. The van der Waals surface area contributed by atoms with Gasteiger partial charge >= 0.3 is 0 Å². The van der Waals surface area contributed by atoms with Crippen LogP contribution in [0.2, 0.25) is 0 Å². The lowest BCUT2D eigenvalue weighted by Gasteiger charge is -2.15. The highest BCUT2D eigenvalue weighted by Gasteiger charge is 2.18. The average Bonchev–Trinajstić information content (AvgIpc) is 3.70. The molecule has 9 rings (SSSR count). The van der Waals surface area contributed by atoms with Crippen LogP contribution in [0, 0.1) is 29.2 Å². The van der Waals surface area contributed by atoms with Gasteiger partial charge in [0.25, 0.3) is 0 Å². The Morgan fingerprint density at radius 3 is 1.86 bits per heavy atom. The molecule has 0 atom stereocenters. The predicted molar refractivity (Wildman–Crippen MR) is 202 cm³/mol. The van der Waals surface area contributed by atoms with Crippen LogP contribution in [0.4, 0.5) is 5.69 Å². The van der Waals surface area contributed by atoms with Crippen molar-refractivity contribution in [1.29, 1.82) is 10.5 Å². The minimum atomic E-state index is 0.552. The Morgan fingerprint density at radius 2 is 1.14 bits per heavy atom. The van der Waals surface area contributed by atoms with E-state index in [4.69, 9.17) is 6.57 Å². The van der Waals surface area contributed by atoms with E-state index in [1.54, 1.807) is 0 Å². The maximum absolute atomic E-state index is 9.96. The van der Waals surface area contributed by atoms with E-state index in [1.807, 2.05) is 78.9 Å². The van der Waals surface area contributed by atoms with Crippen molar-refractivity contribution in [3.8, 4) is 45.8 Å². The number of fused-ring (bicyclic) bond motifs is 6. The fourth-order valence-electron chi connectivity index (χ4n) is 7.36. The van der Waals surface area contributed by atoms with Crippen molar-refractivity contribution in [2.45, 2.75) is 0 Å². The number of para-hydroxylation sites is 2. The fraction of sp³-hybridized carbons (Fsp3) is 0. The van der Waals surface area contributed by atoms with Crippen LogP contribution >= 0.6 is 0 Å². The Bertz CT molecular complexity index is 2940. The number of aromatic nitrogens is 2. The van der Waals surface area contributed by atoms with Gasteiger partial charge in [-0.25, -0.2) is 4.85 Å². The summed E-state index contributed by atoms with van der Waals surface area (Å²) in [5, 5.41) is 23.6. The first-order chi connectivity index (χ1) is 24.7. The van der Waals surface area contributed by atoms with Crippen LogP contribution in [0.1, 0.15) is 11.1 Å². The van der Waals surface area contributed by atoms with E-state index < -0.39 is 0 Å². The van der Waals surface area contributed by atoms with E-state index in [1.165, 1.54) is 0 Å². The second-order valence-electron chi connectivity index (χ2n) is 12.3. The summed E-state index contributed by atoms with van der Waals surface area (Å²) in [5.41, 5.74) is 12.1. The molecule has 230 valence electrons. The first-order valence-electron chi connectivity index (χ1n) is 16.3. The average molecular weight is 636 g/mol. The van der Waals surface area contributed by atoms with Gasteiger partial charge in [0, 0.05) is 38.5 Å². The second kappa shape index (κ2) is 11.4. The summed E-state index contributed by atoms with van der Waals surface area (Å²) in [7, 11) is 0. The number of rotatable bonds is 4. The zero-order valence-electron chi connectivity index (χ0n) is 26.7. The molecule has 0 aliphatic carbocycles. The monoisotopic (exact) mass is 635 g/mol. The third-order valence-electron chi connectivity index (χ3n) is 9.63. The van der Waals surface area contributed by atoms with Crippen LogP contribution in [0.25, 0.3) is 82.1 Å². The molecule has 0 unspecified atom stereocenters. The lowest BCUT2D eigenvalue weighted by atomic mass is 9.98. The van der Waals surface area contributed by atoms with Gasteiger partial charge in [-0.05, 0) is 77.4 Å². The third-order valence-corrected chi connectivity index (χ3v) is 9.63. The zero-order valence-corrected chi connectivity index (χ0v) is 26.7. The Balaban J connectivity index is 1.13. The summed E-state index contributed by atoms with van der Waals surface area (Å²) < 4.78 is 4.43. The standard InChI is InChI=1S/C45H25N5/c1-48-34-20-23-36(44(26-34)50-41-11-5-3-9-38(41)45-33(28-47)7-6-12-43(45)50)32-16-14-30(15-17-32)31-18-21-35(22-19-31)49-40-10-4-2-8-37(40)39-25-29(27-46)13-24-42(39)49/h2-26H. The molecule has 0 amide bonds. The smallest absolute Gasteiger partial charge is 0.189 e. The molecule has 2 aromatic heterocycles. The Labute approximate surface area is 288 Å². The van der Waals surface area contributed by atoms with Crippen LogP contribution in [-0.2, 0) is 0 Å². The van der Waals surface area contributed by atoms with E-state index >= 15 is 0 Å². The molecule has 0 aliphatic rings.